The van der Waals surface area contributed by atoms with Crippen molar-refractivity contribution in [1.29, 1.82) is 0 Å². The van der Waals surface area contributed by atoms with Gasteiger partial charge in [0.1, 0.15) is 18.0 Å². The summed E-state index contributed by atoms with van der Waals surface area (Å²) in [6.45, 7) is 2.54. The molecule has 0 aromatic heterocycles. The van der Waals surface area contributed by atoms with Gasteiger partial charge in [0.25, 0.3) is 0 Å². The first-order valence-electron chi connectivity index (χ1n) is 12.3. The minimum Gasteiger partial charge on any atom is -0.333 e. The first kappa shape index (κ1) is 27.2. The van der Waals surface area contributed by atoms with Crippen LogP contribution in [0.3, 0.4) is 0 Å². The maximum Gasteiger partial charge on any atom is 0.334 e. The summed E-state index contributed by atoms with van der Waals surface area (Å²) in [5, 5.41) is 6.86. The molecule has 2 aliphatic heterocycles. The number of likely N-dealkylation sites (N-methyl/N-ethyl adjacent to an activating group) is 1. The fourth-order valence-electron chi connectivity index (χ4n) is 4.84. The minimum absolute atomic E-state index is 0.0284. The molecule has 0 spiro atoms. The third kappa shape index (κ3) is 6.00. The van der Waals surface area contributed by atoms with Gasteiger partial charge in [0.2, 0.25) is 11.8 Å². The smallest absolute Gasteiger partial charge is 0.333 e. The molecule has 2 aromatic carbocycles. The standard InChI is InChI=1S/C26H30Cl2FN5O3/c1-3-4-5-22-25(36)32(14-18-8-9-19(27)12-21(18)28)15-23-33(22)24(35)16-31(2)34(23)26(37)30-13-17-6-10-20(29)11-7-17/h6-12,22-23H,3-5,13-16H2,1-2H3,(H,30,37)/t22-,23-/m0/s1. The van der Waals surface area contributed by atoms with Gasteiger partial charge in [0.15, 0.2) is 0 Å². The Balaban J connectivity index is 1.60. The van der Waals surface area contributed by atoms with E-state index in [0.717, 1.165) is 24.0 Å². The van der Waals surface area contributed by atoms with Crippen LogP contribution < -0.4 is 5.32 Å². The van der Waals surface area contributed by atoms with Crippen LogP contribution in [-0.2, 0) is 22.7 Å². The zero-order valence-electron chi connectivity index (χ0n) is 20.8. The molecule has 2 aliphatic rings. The van der Waals surface area contributed by atoms with E-state index in [4.69, 9.17) is 23.2 Å². The van der Waals surface area contributed by atoms with Crippen LogP contribution in [0.5, 0.6) is 0 Å². The molecule has 198 valence electrons. The number of hydrazine groups is 1. The highest BCUT2D eigenvalue weighted by Gasteiger charge is 2.50. The van der Waals surface area contributed by atoms with Crippen LogP contribution in [-0.4, -0.2) is 70.0 Å². The van der Waals surface area contributed by atoms with Crippen molar-refractivity contribution in [3.05, 3.63) is 69.5 Å². The van der Waals surface area contributed by atoms with Crippen molar-refractivity contribution in [2.45, 2.75) is 51.5 Å². The Hall–Kier alpha value is -2.88. The topological polar surface area (TPSA) is 76.2 Å². The van der Waals surface area contributed by atoms with Gasteiger partial charge >= 0.3 is 6.03 Å². The Morgan fingerprint density at radius 1 is 1.14 bits per heavy atom. The molecule has 2 heterocycles. The fourth-order valence-corrected chi connectivity index (χ4v) is 5.31. The lowest BCUT2D eigenvalue weighted by Gasteiger charge is -2.54. The molecule has 2 aromatic rings. The number of halogens is 3. The Kier molecular flexibility index (Phi) is 8.56. The van der Waals surface area contributed by atoms with E-state index in [2.05, 4.69) is 5.32 Å². The summed E-state index contributed by atoms with van der Waals surface area (Å²) in [6, 6.07) is 9.88. The predicted octanol–water partition coefficient (Wildman–Crippen LogP) is 4.26. The second kappa shape index (κ2) is 11.7. The van der Waals surface area contributed by atoms with Gasteiger partial charge in [-0.05, 0) is 41.8 Å². The molecule has 0 aliphatic carbocycles. The molecule has 2 fully saturated rings. The molecule has 8 nitrogen and oxygen atoms in total. The van der Waals surface area contributed by atoms with Crippen molar-refractivity contribution in [3.63, 3.8) is 0 Å². The first-order chi connectivity index (χ1) is 17.7. The summed E-state index contributed by atoms with van der Waals surface area (Å²) >= 11 is 12.4. The third-order valence-electron chi connectivity index (χ3n) is 6.71. The van der Waals surface area contributed by atoms with Gasteiger partial charge in [-0.15, -0.1) is 0 Å². The number of rotatable bonds is 7. The van der Waals surface area contributed by atoms with Gasteiger partial charge < -0.3 is 15.1 Å². The molecule has 0 bridgehead atoms. The van der Waals surface area contributed by atoms with Crippen LogP contribution >= 0.6 is 23.2 Å². The first-order valence-corrected chi connectivity index (χ1v) is 13.0. The number of piperazine rings is 1. The van der Waals surface area contributed by atoms with Gasteiger partial charge in [-0.2, -0.15) is 0 Å². The number of nitrogens with zero attached hydrogens (tertiary/aromatic N) is 4. The van der Waals surface area contributed by atoms with Crippen LogP contribution in [0.4, 0.5) is 9.18 Å². The zero-order chi connectivity index (χ0) is 26.7. The summed E-state index contributed by atoms with van der Waals surface area (Å²) in [6.07, 6.45) is 1.43. The highest BCUT2D eigenvalue weighted by Crippen LogP contribution is 2.30. The molecule has 2 saturated heterocycles. The highest BCUT2D eigenvalue weighted by molar-refractivity contribution is 6.35. The molecule has 1 N–H and O–H groups in total. The molecule has 4 rings (SSSR count). The number of carbonyl (C=O) groups excluding carboxylic acids is 3. The lowest BCUT2D eigenvalue weighted by atomic mass is 10.0. The van der Waals surface area contributed by atoms with E-state index in [9.17, 15) is 18.8 Å². The number of hydrogen-bond donors (Lipinski definition) is 1. The Morgan fingerprint density at radius 2 is 1.86 bits per heavy atom. The van der Waals surface area contributed by atoms with Crippen LogP contribution in [0.25, 0.3) is 0 Å². The third-order valence-corrected chi connectivity index (χ3v) is 7.30. The van der Waals surface area contributed by atoms with Gasteiger partial charge in [-0.25, -0.2) is 19.2 Å². The van der Waals surface area contributed by atoms with Crippen molar-refractivity contribution in [3.8, 4) is 0 Å². The van der Waals surface area contributed by atoms with Crippen molar-refractivity contribution >= 4 is 41.0 Å². The van der Waals surface area contributed by atoms with Crippen molar-refractivity contribution < 1.29 is 18.8 Å². The highest BCUT2D eigenvalue weighted by atomic mass is 35.5. The Labute approximate surface area is 225 Å². The summed E-state index contributed by atoms with van der Waals surface area (Å²) in [4.78, 5) is 43.4. The molecule has 0 unspecified atom stereocenters. The van der Waals surface area contributed by atoms with E-state index in [1.807, 2.05) is 6.92 Å². The Bertz CT molecular complexity index is 1170. The van der Waals surface area contributed by atoms with Crippen molar-refractivity contribution in [1.82, 2.24) is 25.1 Å². The number of carbonyl (C=O) groups is 3. The van der Waals surface area contributed by atoms with Gasteiger partial charge in [-0.1, -0.05) is 61.2 Å². The Morgan fingerprint density at radius 3 is 2.54 bits per heavy atom. The molecule has 37 heavy (non-hydrogen) atoms. The summed E-state index contributed by atoms with van der Waals surface area (Å²) < 4.78 is 13.3. The number of unbranched alkanes of at least 4 members (excludes halogenated alkanes) is 1. The molecular weight excluding hydrogens is 520 g/mol. The van der Waals surface area contributed by atoms with E-state index in [1.54, 1.807) is 52.2 Å². The summed E-state index contributed by atoms with van der Waals surface area (Å²) in [7, 11) is 1.67. The molecule has 4 amide bonds. The number of amides is 4. The normalized spacial score (nSPS) is 20.3. The molecular formula is C26H30Cl2FN5O3. The largest absolute Gasteiger partial charge is 0.334 e. The van der Waals surface area contributed by atoms with Crippen molar-refractivity contribution in [2.24, 2.45) is 0 Å². The number of nitrogens with one attached hydrogen (secondary N) is 1. The number of benzene rings is 2. The quantitative estimate of drug-likeness (QED) is 0.559. The SMILES string of the molecule is CCCC[C@H]1C(=O)N(Cc2ccc(Cl)cc2Cl)C[C@H]2N1C(=O)CN(C)N2C(=O)NCc1ccc(F)cc1. The zero-order valence-corrected chi connectivity index (χ0v) is 22.3. The second-order valence-electron chi connectivity index (χ2n) is 9.34. The average Bonchev–Trinajstić information content (AvgIpc) is 2.85. The lowest BCUT2D eigenvalue weighted by molar-refractivity contribution is -0.188. The van der Waals surface area contributed by atoms with Crippen LogP contribution in [0.1, 0.15) is 37.3 Å². The number of fused-ring (bicyclic) bond motifs is 1. The fraction of sp³-hybridized carbons (Fsp3) is 0.423. The van der Waals surface area contributed by atoms with Gasteiger partial charge in [-0.3, -0.25) is 9.59 Å². The molecule has 0 radical (unpaired) electrons. The van der Waals surface area contributed by atoms with Gasteiger partial charge in [0.05, 0.1) is 13.1 Å². The van der Waals surface area contributed by atoms with Gasteiger partial charge in [0, 0.05) is 30.2 Å². The molecule has 2 atom stereocenters. The second-order valence-corrected chi connectivity index (χ2v) is 10.2. The van der Waals surface area contributed by atoms with Crippen LogP contribution in [0.2, 0.25) is 10.0 Å². The van der Waals surface area contributed by atoms with Crippen LogP contribution in [0.15, 0.2) is 42.5 Å². The summed E-state index contributed by atoms with van der Waals surface area (Å²) in [5.74, 6) is -0.722. The van der Waals surface area contributed by atoms with E-state index in [1.165, 1.54) is 17.1 Å². The van der Waals surface area contributed by atoms with E-state index in [-0.39, 0.29) is 43.8 Å². The lowest BCUT2D eigenvalue weighted by Crippen LogP contribution is -2.75. The van der Waals surface area contributed by atoms with E-state index < -0.39 is 18.2 Å². The number of hydrogen-bond acceptors (Lipinski definition) is 4. The van der Waals surface area contributed by atoms with Crippen LogP contribution in [0, 0.1) is 5.82 Å². The van der Waals surface area contributed by atoms with E-state index >= 15 is 0 Å². The predicted molar refractivity (Wildman–Crippen MR) is 139 cm³/mol. The maximum atomic E-state index is 13.6. The summed E-state index contributed by atoms with van der Waals surface area (Å²) in [5.41, 5.74) is 1.46. The molecule has 11 heteroatoms. The van der Waals surface area contributed by atoms with E-state index in [0.29, 0.717) is 16.5 Å². The minimum atomic E-state index is -0.690. The average molecular weight is 550 g/mol. The number of urea groups is 1. The molecule has 0 saturated carbocycles. The monoisotopic (exact) mass is 549 g/mol. The maximum absolute atomic E-state index is 13.6. The van der Waals surface area contributed by atoms with Crippen molar-refractivity contribution in [2.75, 3.05) is 20.1 Å².